The Morgan fingerprint density at radius 2 is 1.61 bits per heavy atom. The maximum absolute atomic E-state index is 14.0. The van der Waals surface area contributed by atoms with Gasteiger partial charge in [-0.25, -0.2) is 4.39 Å². The summed E-state index contributed by atoms with van der Waals surface area (Å²) in [5, 5.41) is 2.63. The summed E-state index contributed by atoms with van der Waals surface area (Å²) in [6.45, 7) is 1.32. The van der Waals surface area contributed by atoms with Crippen LogP contribution in [0.3, 0.4) is 0 Å². The third-order valence-electron chi connectivity index (χ3n) is 4.67. The zero-order valence-corrected chi connectivity index (χ0v) is 17.0. The van der Waals surface area contributed by atoms with Crippen molar-refractivity contribution in [1.82, 2.24) is 10.2 Å². The molecule has 0 unspecified atom stereocenters. The fraction of sp³-hybridized carbons (Fsp3) is 0.273. The third-order valence-corrected chi connectivity index (χ3v) is 5.20. The zero-order chi connectivity index (χ0) is 19.9. The molecule has 2 aromatic rings. The van der Waals surface area contributed by atoms with E-state index in [1.807, 2.05) is 24.3 Å². The van der Waals surface area contributed by atoms with Gasteiger partial charge in [-0.05, 0) is 48.7 Å². The molecule has 2 aromatic carbocycles. The van der Waals surface area contributed by atoms with Crippen LogP contribution in [-0.4, -0.2) is 29.8 Å². The van der Waals surface area contributed by atoms with Crippen molar-refractivity contribution >= 4 is 33.8 Å². The van der Waals surface area contributed by atoms with Crippen LogP contribution in [0.5, 0.6) is 0 Å². The Bertz CT molecular complexity index is 872. The Morgan fingerprint density at radius 1 is 0.964 bits per heavy atom. The highest BCUT2D eigenvalue weighted by Gasteiger charge is 2.22. The van der Waals surface area contributed by atoms with E-state index in [1.165, 1.54) is 18.2 Å². The van der Waals surface area contributed by atoms with Gasteiger partial charge < -0.3 is 10.2 Å². The molecule has 0 aliphatic carbocycles. The highest BCUT2D eigenvalue weighted by Crippen LogP contribution is 2.17. The van der Waals surface area contributed by atoms with Crippen molar-refractivity contribution in [1.29, 1.82) is 0 Å². The van der Waals surface area contributed by atoms with E-state index in [0.717, 1.165) is 35.7 Å². The molecule has 1 heterocycles. The van der Waals surface area contributed by atoms with E-state index in [0.29, 0.717) is 13.1 Å². The van der Waals surface area contributed by atoms with E-state index in [-0.39, 0.29) is 17.2 Å². The van der Waals surface area contributed by atoms with Crippen LogP contribution < -0.4 is 5.32 Å². The van der Waals surface area contributed by atoms with Crippen molar-refractivity contribution < 1.29 is 14.0 Å². The predicted molar refractivity (Wildman–Crippen MR) is 111 cm³/mol. The number of carbonyl (C=O) groups is 2. The van der Waals surface area contributed by atoms with Gasteiger partial charge in [-0.2, -0.15) is 0 Å². The summed E-state index contributed by atoms with van der Waals surface area (Å²) < 4.78 is 14.9. The average Bonchev–Trinajstić information content (AvgIpc) is 2.98. The van der Waals surface area contributed by atoms with E-state index in [1.54, 1.807) is 17.0 Å². The van der Waals surface area contributed by atoms with Crippen LogP contribution >= 0.6 is 15.9 Å². The first-order valence-electron chi connectivity index (χ1n) is 9.37. The molecule has 1 aliphatic rings. The Morgan fingerprint density at radius 3 is 2.25 bits per heavy atom. The van der Waals surface area contributed by atoms with E-state index >= 15 is 0 Å². The molecule has 3 rings (SSSR count). The number of carbonyl (C=O) groups excluding carboxylic acids is 2. The van der Waals surface area contributed by atoms with Gasteiger partial charge in [0, 0.05) is 17.6 Å². The number of nitrogens with zero attached hydrogens (tertiary/aromatic N) is 1. The number of rotatable bonds is 4. The predicted octanol–water partition coefficient (Wildman–Crippen LogP) is 4.76. The van der Waals surface area contributed by atoms with Crippen molar-refractivity contribution in [2.45, 2.75) is 25.7 Å². The lowest BCUT2D eigenvalue weighted by molar-refractivity contribution is -0.127. The first kappa shape index (κ1) is 20.3. The van der Waals surface area contributed by atoms with Crippen LogP contribution in [0.25, 0.3) is 6.08 Å². The second kappa shape index (κ2) is 9.64. The molecular weight excluding hydrogens is 423 g/mol. The number of likely N-dealkylation sites (tertiary alicyclic amines) is 1. The number of benzene rings is 2. The van der Waals surface area contributed by atoms with Crippen LogP contribution in [0.1, 0.15) is 41.6 Å². The Balaban J connectivity index is 1.89. The first-order valence-corrected chi connectivity index (χ1v) is 10.2. The van der Waals surface area contributed by atoms with Gasteiger partial charge in [0.15, 0.2) is 0 Å². The molecule has 6 heteroatoms. The minimum Gasteiger partial charge on any atom is -0.337 e. The standard InChI is InChI=1S/C22H22BrFN2O2/c23-17-11-9-16(10-12-17)15-20(22(28)26-13-5-1-2-6-14-26)25-21(27)18-7-3-4-8-19(18)24/h3-4,7-12,15H,1-2,5-6,13-14H2,(H,25,27). The van der Waals surface area contributed by atoms with E-state index in [2.05, 4.69) is 21.2 Å². The SMILES string of the molecule is O=C(NC(=Cc1ccc(Br)cc1)C(=O)N1CCCCCC1)c1ccccc1F. The molecule has 1 aliphatic heterocycles. The van der Waals surface area contributed by atoms with Crippen molar-refractivity contribution in [3.05, 3.63) is 75.6 Å². The molecule has 0 aromatic heterocycles. The molecule has 4 nitrogen and oxygen atoms in total. The second-order valence-corrected chi connectivity index (χ2v) is 7.67. The molecular formula is C22H22BrFN2O2. The molecule has 1 N–H and O–H groups in total. The summed E-state index contributed by atoms with van der Waals surface area (Å²) >= 11 is 3.38. The number of halogens is 2. The van der Waals surface area contributed by atoms with Crippen molar-refractivity contribution in [3.63, 3.8) is 0 Å². The lowest BCUT2D eigenvalue weighted by atomic mass is 10.1. The van der Waals surface area contributed by atoms with Crippen molar-refractivity contribution in [2.24, 2.45) is 0 Å². The molecule has 0 saturated carbocycles. The molecule has 0 atom stereocenters. The van der Waals surface area contributed by atoms with E-state index < -0.39 is 11.7 Å². The van der Waals surface area contributed by atoms with Gasteiger partial charge in [-0.15, -0.1) is 0 Å². The fourth-order valence-corrected chi connectivity index (χ4v) is 3.42. The highest BCUT2D eigenvalue weighted by atomic mass is 79.9. The zero-order valence-electron chi connectivity index (χ0n) is 15.5. The highest BCUT2D eigenvalue weighted by molar-refractivity contribution is 9.10. The Kier molecular flexibility index (Phi) is 6.98. The van der Waals surface area contributed by atoms with E-state index in [4.69, 9.17) is 0 Å². The summed E-state index contributed by atoms with van der Waals surface area (Å²) in [6.07, 6.45) is 5.71. The van der Waals surface area contributed by atoms with Crippen LogP contribution in [0, 0.1) is 5.82 Å². The summed E-state index contributed by atoms with van der Waals surface area (Å²) in [5.74, 6) is -1.50. The topological polar surface area (TPSA) is 49.4 Å². The lowest BCUT2D eigenvalue weighted by Crippen LogP contribution is -2.39. The molecule has 0 bridgehead atoms. The van der Waals surface area contributed by atoms with E-state index in [9.17, 15) is 14.0 Å². The van der Waals surface area contributed by atoms with Gasteiger partial charge in [-0.1, -0.05) is 53.0 Å². The summed E-state index contributed by atoms with van der Waals surface area (Å²) in [5.41, 5.74) is 0.834. The minimum absolute atomic E-state index is 0.0899. The monoisotopic (exact) mass is 444 g/mol. The number of nitrogens with one attached hydrogen (secondary N) is 1. The molecule has 2 amide bonds. The van der Waals surface area contributed by atoms with Gasteiger partial charge in [0.1, 0.15) is 11.5 Å². The Labute approximate surface area is 172 Å². The summed E-state index contributed by atoms with van der Waals surface area (Å²) in [6, 6.07) is 13.1. The number of amides is 2. The van der Waals surface area contributed by atoms with Gasteiger partial charge >= 0.3 is 0 Å². The molecule has 1 fully saturated rings. The fourth-order valence-electron chi connectivity index (χ4n) is 3.16. The van der Waals surface area contributed by atoms with Crippen LogP contribution in [-0.2, 0) is 4.79 Å². The van der Waals surface area contributed by atoms with Crippen molar-refractivity contribution in [2.75, 3.05) is 13.1 Å². The third kappa shape index (κ3) is 5.29. The first-order chi connectivity index (χ1) is 13.5. The molecule has 1 saturated heterocycles. The maximum Gasteiger partial charge on any atom is 0.270 e. The van der Waals surface area contributed by atoms with Crippen LogP contribution in [0.4, 0.5) is 4.39 Å². The molecule has 0 radical (unpaired) electrons. The second-order valence-electron chi connectivity index (χ2n) is 6.75. The lowest BCUT2D eigenvalue weighted by Gasteiger charge is -2.22. The largest absolute Gasteiger partial charge is 0.337 e. The normalized spacial score (nSPS) is 15.1. The van der Waals surface area contributed by atoms with Gasteiger partial charge in [0.25, 0.3) is 11.8 Å². The summed E-state index contributed by atoms with van der Waals surface area (Å²) in [4.78, 5) is 27.5. The number of hydrogen-bond donors (Lipinski definition) is 1. The molecule has 28 heavy (non-hydrogen) atoms. The molecule has 0 spiro atoms. The smallest absolute Gasteiger partial charge is 0.270 e. The maximum atomic E-state index is 14.0. The summed E-state index contributed by atoms with van der Waals surface area (Å²) in [7, 11) is 0. The van der Waals surface area contributed by atoms with Crippen LogP contribution in [0.15, 0.2) is 58.7 Å². The minimum atomic E-state index is -0.635. The quantitative estimate of drug-likeness (QED) is 0.690. The van der Waals surface area contributed by atoms with Crippen molar-refractivity contribution in [3.8, 4) is 0 Å². The van der Waals surface area contributed by atoms with Crippen LogP contribution in [0.2, 0.25) is 0 Å². The van der Waals surface area contributed by atoms with Gasteiger partial charge in [0.05, 0.1) is 5.56 Å². The van der Waals surface area contributed by atoms with Gasteiger partial charge in [-0.3, -0.25) is 9.59 Å². The average molecular weight is 445 g/mol. The number of hydrogen-bond acceptors (Lipinski definition) is 2. The van der Waals surface area contributed by atoms with Gasteiger partial charge in [0.2, 0.25) is 0 Å². The molecule has 146 valence electrons. The Hall–Kier alpha value is -2.47.